The molecule has 13 aromatic carbocycles. The van der Waals surface area contributed by atoms with Gasteiger partial charge in [-0.05, 0) is 197 Å². The van der Waals surface area contributed by atoms with Crippen molar-refractivity contribution < 1.29 is 26.3 Å². The van der Waals surface area contributed by atoms with Crippen molar-refractivity contribution in [3.8, 4) is 44.5 Å². The molecule has 0 spiro atoms. The van der Waals surface area contributed by atoms with Crippen LogP contribution in [-0.2, 0) is 11.8 Å². The topological polar surface area (TPSA) is 0 Å². The molecule has 89 heavy (non-hydrogen) atoms. The molecule has 16 rings (SSSR count). The van der Waals surface area contributed by atoms with Crippen molar-refractivity contribution in [1.82, 2.24) is 0 Å². The Balaban J connectivity index is 0.690. The zero-order valence-corrected chi connectivity index (χ0v) is 48.0. The van der Waals surface area contributed by atoms with Crippen LogP contribution in [0, 0.1) is 5.92 Å². The van der Waals surface area contributed by atoms with Gasteiger partial charge in [-0.25, -0.2) is 0 Å². The number of benzene rings is 13. The molecular weight excluding hydrogens is 1110 g/mol. The first-order valence-corrected chi connectivity index (χ1v) is 30.2. The van der Waals surface area contributed by atoms with Gasteiger partial charge >= 0.3 is 12.4 Å². The lowest BCUT2D eigenvalue weighted by atomic mass is 9.66. The smallest absolute Gasteiger partial charge is 0.169 e. The molecule has 0 radical (unpaired) electrons. The van der Waals surface area contributed by atoms with Gasteiger partial charge < -0.3 is 0 Å². The lowest BCUT2D eigenvalue weighted by molar-refractivity contribution is -0.288. The third kappa shape index (κ3) is 8.90. The fourth-order valence-electron chi connectivity index (χ4n) is 14.9. The summed E-state index contributed by atoms with van der Waals surface area (Å²) in [7, 11) is 0. The maximum atomic E-state index is 15.7. The minimum atomic E-state index is -5.75. The SMILES string of the molecule is FC(F)(F)C(c1ccc(-c2ccc3cc(-c4c5c(c(-c6ccc7ccccc7c6)c6ccccc46)CCC=C5)ccc3c2)cc1)(c1ccc(-c2ccc3cc(C4c5ccccc5C(c5ccc6ccccc6c5)=C5C=CC=CC54)ccc3c2)cc1)C(F)(F)F. The number of alkyl halides is 6. The van der Waals surface area contributed by atoms with Crippen molar-refractivity contribution in [3.63, 3.8) is 0 Å². The molecule has 0 aromatic heterocycles. The van der Waals surface area contributed by atoms with Gasteiger partial charge in [0.15, 0.2) is 0 Å². The highest BCUT2D eigenvalue weighted by molar-refractivity contribution is 6.11. The van der Waals surface area contributed by atoms with Crippen LogP contribution in [0.4, 0.5) is 26.3 Å². The van der Waals surface area contributed by atoms with E-state index in [4.69, 9.17) is 0 Å². The first-order chi connectivity index (χ1) is 43.4. The Hall–Kier alpha value is -10.3. The van der Waals surface area contributed by atoms with E-state index in [1.54, 1.807) is 0 Å². The number of rotatable bonds is 8. The molecule has 428 valence electrons. The summed E-state index contributed by atoms with van der Waals surface area (Å²) in [6, 6.07) is 81.1. The highest BCUT2D eigenvalue weighted by Gasteiger charge is 2.72. The Bertz CT molecular complexity index is 5150. The summed E-state index contributed by atoms with van der Waals surface area (Å²) in [6.07, 6.45) is 3.58. The largest absolute Gasteiger partial charge is 0.411 e. The first kappa shape index (κ1) is 54.1. The van der Waals surface area contributed by atoms with Gasteiger partial charge in [-0.3, -0.25) is 0 Å². The van der Waals surface area contributed by atoms with Crippen LogP contribution in [0.3, 0.4) is 0 Å². The summed E-state index contributed by atoms with van der Waals surface area (Å²) in [6.45, 7) is 0. The average Bonchev–Trinajstić information content (AvgIpc) is 0.786. The maximum absolute atomic E-state index is 15.7. The molecule has 13 aromatic rings. The summed E-state index contributed by atoms with van der Waals surface area (Å²) in [4.78, 5) is 0. The summed E-state index contributed by atoms with van der Waals surface area (Å²) in [5.41, 5.74) is 10.5. The molecule has 6 heteroatoms. The Kier molecular flexibility index (Phi) is 12.7. The number of allylic oxidation sites excluding steroid dienone is 6. The normalized spacial score (nSPS) is 15.7. The van der Waals surface area contributed by atoms with Crippen LogP contribution in [-0.4, -0.2) is 12.4 Å². The van der Waals surface area contributed by atoms with Gasteiger partial charge in [0, 0.05) is 11.8 Å². The Morgan fingerprint density at radius 2 is 0.809 bits per heavy atom. The fourth-order valence-corrected chi connectivity index (χ4v) is 14.9. The Morgan fingerprint density at radius 1 is 0.360 bits per heavy atom. The van der Waals surface area contributed by atoms with Crippen LogP contribution < -0.4 is 0 Å². The number of hydrogen-bond acceptors (Lipinski definition) is 0. The van der Waals surface area contributed by atoms with Crippen molar-refractivity contribution >= 4 is 65.5 Å². The van der Waals surface area contributed by atoms with E-state index in [0.29, 0.717) is 22.3 Å². The van der Waals surface area contributed by atoms with Gasteiger partial charge in [0.2, 0.25) is 5.41 Å². The highest BCUT2D eigenvalue weighted by Crippen LogP contribution is 2.57. The predicted molar refractivity (Wildman–Crippen MR) is 355 cm³/mol. The zero-order chi connectivity index (χ0) is 60.2. The van der Waals surface area contributed by atoms with Crippen LogP contribution in [0.15, 0.2) is 291 Å². The molecule has 0 heterocycles. The van der Waals surface area contributed by atoms with Gasteiger partial charge in [-0.15, -0.1) is 0 Å². The Morgan fingerprint density at radius 3 is 1.42 bits per heavy atom. The third-order valence-corrected chi connectivity index (χ3v) is 19.1. The van der Waals surface area contributed by atoms with Crippen molar-refractivity contribution in [1.29, 1.82) is 0 Å². The molecule has 2 atom stereocenters. The first-order valence-electron chi connectivity index (χ1n) is 30.2. The van der Waals surface area contributed by atoms with Crippen molar-refractivity contribution in [2.75, 3.05) is 0 Å². The minimum absolute atomic E-state index is 0.0127. The second kappa shape index (κ2) is 21.0. The standard InChI is InChI=1S/C83H54F6/c84-82(85,86)81(83(87,88)89,67-41-37-53(38-42-67)57-27-29-61-49-65(35-31-59(61)45-57)79-73-21-9-5-17-69(73)77(70-18-6-10-22-74(70)79)63-33-25-51-13-1-3-15-55(51)47-63)68-43-39-54(40-44-68)58-28-30-62-50-66(36-32-60(62)46-58)80-75-23-11-7-19-71(75)78(72-20-8-12-24-76(72)80)64-34-26-52-14-2-4-16-56(52)48-64/h1-7,9-19,21-50,73,79H,8,20H2. The molecule has 0 aliphatic heterocycles. The molecule has 3 aliphatic rings. The van der Waals surface area contributed by atoms with Crippen LogP contribution in [0.5, 0.6) is 0 Å². The lowest BCUT2D eigenvalue weighted by Crippen LogP contribution is -2.54. The summed E-state index contributed by atoms with van der Waals surface area (Å²) in [5, 5.41) is 10.8. The van der Waals surface area contributed by atoms with E-state index < -0.39 is 28.9 Å². The zero-order valence-electron chi connectivity index (χ0n) is 48.0. The summed E-state index contributed by atoms with van der Waals surface area (Å²) in [5.74, 6) is 0.0766. The second-order valence-electron chi connectivity index (χ2n) is 23.9. The van der Waals surface area contributed by atoms with E-state index in [9.17, 15) is 0 Å². The molecule has 2 unspecified atom stereocenters. The van der Waals surface area contributed by atoms with Crippen LogP contribution in [0.25, 0.3) is 110 Å². The van der Waals surface area contributed by atoms with E-state index in [2.05, 4.69) is 200 Å². The number of fused-ring (bicyclic) bond motifs is 8. The summed E-state index contributed by atoms with van der Waals surface area (Å²) < 4.78 is 94.1. The molecule has 0 fully saturated rings. The number of halogens is 6. The van der Waals surface area contributed by atoms with E-state index >= 15 is 26.3 Å². The monoisotopic (exact) mass is 1160 g/mol. The van der Waals surface area contributed by atoms with Crippen LogP contribution >= 0.6 is 0 Å². The van der Waals surface area contributed by atoms with E-state index in [-0.39, 0.29) is 11.8 Å². The van der Waals surface area contributed by atoms with Crippen molar-refractivity contribution in [2.45, 2.75) is 36.5 Å². The Labute approximate surface area is 511 Å². The second-order valence-corrected chi connectivity index (χ2v) is 23.9. The van der Waals surface area contributed by atoms with Gasteiger partial charge in [-0.2, -0.15) is 26.3 Å². The van der Waals surface area contributed by atoms with Gasteiger partial charge in [-0.1, -0.05) is 261 Å². The van der Waals surface area contributed by atoms with Crippen molar-refractivity contribution in [2.24, 2.45) is 5.92 Å². The molecule has 0 N–H and O–H groups in total. The third-order valence-electron chi connectivity index (χ3n) is 19.1. The average molecular weight is 1170 g/mol. The molecule has 0 saturated heterocycles. The van der Waals surface area contributed by atoms with Gasteiger partial charge in [0.1, 0.15) is 0 Å². The maximum Gasteiger partial charge on any atom is 0.411 e. The molecule has 0 nitrogen and oxygen atoms in total. The van der Waals surface area contributed by atoms with E-state index in [0.717, 1.165) is 80.7 Å². The minimum Gasteiger partial charge on any atom is -0.169 e. The van der Waals surface area contributed by atoms with E-state index in [1.807, 2.05) is 42.5 Å². The quantitative estimate of drug-likeness (QED) is 0.133. The molecule has 3 aliphatic carbocycles. The van der Waals surface area contributed by atoms with Gasteiger partial charge in [0.05, 0.1) is 0 Å². The molecule has 0 bridgehead atoms. The van der Waals surface area contributed by atoms with Crippen LogP contribution in [0.1, 0.15) is 56.8 Å². The molecule has 0 amide bonds. The summed E-state index contributed by atoms with van der Waals surface area (Å²) >= 11 is 0. The fraction of sp³-hybridized carbons (Fsp3) is 0.0843. The number of hydrogen-bond donors (Lipinski definition) is 0. The van der Waals surface area contributed by atoms with Crippen LogP contribution in [0.2, 0.25) is 0 Å². The predicted octanol–water partition coefficient (Wildman–Crippen LogP) is 23.2. The van der Waals surface area contributed by atoms with Crippen molar-refractivity contribution in [3.05, 3.63) is 335 Å². The highest BCUT2D eigenvalue weighted by atomic mass is 19.4. The lowest BCUT2D eigenvalue weighted by Gasteiger charge is -2.38. The van der Waals surface area contributed by atoms with Gasteiger partial charge in [0.25, 0.3) is 0 Å². The molecule has 0 saturated carbocycles. The van der Waals surface area contributed by atoms with E-state index in [1.165, 1.54) is 101 Å². The molecular formula is C83H54F6.